The van der Waals surface area contributed by atoms with Gasteiger partial charge in [-0.3, -0.25) is 4.55 Å². The minimum atomic E-state index is -4.23. The van der Waals surface area contributed by atoms with Gasteiger partial charge in [0.25, 0.3) is 10.1 Å². The average Bonchev–Trinajstić information content (AvgIpc) is 2.01. The van der Waals surface area contributed by atoms with Crippen molar-refractivity contribution in [2.24, 2.45) is 5.73 Å². The number of nitrogen functional groups attached to an aromatic ring is 1. The topological polar surface area (TPSA) is 106 Å². The number of benzene rings is 1. The van der Waals surface area contributed by atoms with Crippen molar-refractivity contribution in [1.82, 2.24) is 0 Å². The van der Waals surface area contributed by atoms with E-state index in [-0.39, 0.29) is 15.6 Å². The van der Waals surface area contributed by atoms with Crippen LogP contribution in [0.1, 0.15) is 5.56 Å². The van der Waals surface area contributed by atoms with E-state index >= 15 is 0 Å². The van der Waals surface area contributed by atoms with Crippen molar-refractivity contribution in [1.29, 1.82) is 0 Å². The number of nitrogens with two attached hydrogens (primary N) is 2. The third-order valence-electron chi connectivity index (χ3n) is 1.59. The van der Waals surface area contributed by atoms with Crippen LogP contribution >= 0.6 is 12.2 Å². The molecule has 1 aromatic carbocycles. The molecule has 5 N–H and O–H groups in total. The molecule has 0 atom stereocenters. The Labute approximate surface area is 86.5 Å². The monoisotopic (exact) mass is 232 g/mol. The highest BCUT2D eigenvalue weighted by atomic mass is 32.2. The molecular formula is C7H8N2O3S2. The van der Waals surface area contributed by atoms with E-state index in [9.17, 15) is 8.42 Å². The molecule has 0 spiro atoms. The lowest BCUT2D eigenvalue weighted by atomic mass is 10.2. The minimum Gasteiger partial charge on any atom is -0.398 e. The minimum absolute atomic E-state index is 0.0735. The number of thiocarbonyl (C=S) groups is 1. The predicted octanol–water partition coefficient (Wildman–Crippen LogP) is 0.150. The first-order valence-electron chi connectivity index (χ1n) is 3.49. The molecule has 1 rings (SSSR count). The van der Waals surface area contributed by atoms with E-state index in [0.29, 0.717) is 5.56 Å². The molecule has 0 fully saturated rings. The maximum Gasteiger partial charge on any atom is 0.294 e. The predicted molar refractivity (Wildman–Crippen MR) is 56.6 cm³/mol. The fourth-order valence-electron chi connectivity index (χ4n) is 0.926. The molecule has 0 aliphatic carbocycles. The first kappa shape index (κ1) is 10.9. The summed E-state index contributed by atoms with van der Waals surface area (Å²) in [5, 5.41) is 0. The second-order valence-corrected chi connectivity index (χ2v) is 4.45. The largest absolute Gasteiger partial charge is 0.398 e. The fourth-order valence-corrected chi connectivity index (χ4v) is 1.63. The summed E-state index contributed by atoms with van der Waals surface area (Å²) in [5.41, 5.74) is 11.3. The molecule has 1 aromatic rings. The van der Waals surface area contributed by atoms with Crippen molar-refractivity contribution in [3.63, 3.8) is 0 Å². The fraction of sp³-hybridized carbons (Fsp3) is 0. The molecule has 5 nitrogen and oxygen atoms in total. The van der Waals surface area contributed by atoms with Gasteiger partial charge in [-0.05, 0) is 18.2 Å². The van der Waals surface area contributed by atoms with E-state index < -0.39 is 10.1 Å². The summed E-state index contributed by atoms with van der Waals surface area (Å²) in [7, 11) is -4.23. The van der Waals surface area contributed by atoms with Crippen LogP contribution in [0.25, 0.3) is 0 Å². The van der Waals surface area contributed by atoms with Gasteiger partial charge in [-0.2, -0.15) is 8.42 Å². The molecule has 0 amide bonds. The SMILES string of the molecule is NC(=S)c1ccc(S(=O)(=O)O)cc1N. The normalized spacial score (nSPS) is 11.2. The number of rotatable bonds is 2. The standard InChI is InChI=1S/C7H8N2O3S2/c8-6-3-4(14(10,11)12)1-2-5(6)7(9)13/h1-3H,8H2,(H2,9,13)(H,10,11,12). The van der Waals surface area contributed by atoms with E-state index in [4.69, 9.17) is 16.0 Å². The second-order valence-electron chi connectivity index (χ2n) is 2.59. The van der Waals surface area contributed by atoms with E-state index in [2.05, 4.69) is 12.2 Å². The van der Waals surface area contributed by atoms with Crippen molar-refractivity contribution >= 4 is 33.0 Å². The van der Waals surface area contributed by atoms with Crippen LogP contribution in [-0.2, 0) is 10.1 Å². The third kappa shape index (κ3) is 2.19. The summed E-state index contributed by atoms with van der Waals surface area (Å²) < 4.78 is 30.1. The van der Waals surface area contributed by atoms with Crippen LogP contribution in [0.4, 0.5) is 5.69 Å². The lowest BCUT2D eigenvalue weighted by Gasteiger charge is -2.04. The van der Waals surface area contributed by atoms with E-state index in [1.54, 1.807) is 0 Å². The summed E-state index contributed by atoms with van der Waals surface area (Å²) in [6, 6.07) is 3.63. The summed E-state index contributed by atoms with van der Waals surface area (Å²) in [6.07, 6.45) is 0. The molecule has 0 bridgehead atoms. The van der Waals surface area contributed by atoms with Gasteiger partial charge in [-0.15, -0.1) is 0 Å². The second kappa shape index (κ2) is 3.52. The van der Waals surface area contributed by atoms with Crippen LogP contribution in [-0.4, -0.2) is 18.0 Å². The van der Waals surface area contributed by atoms with E-state index in [1.165, 1.54) is 12.1 Å². The maximum atomic E-state index is 10.7. The van der Waals surface area contributed by atoms with Crippen molar-refractivity contribution in [2.45, 2.75) is 4.90 Å². The molecule has 0 aromatic heterocycles. The highest BCUT2D eigenvalue weighted by Crippen LogP contribution is 2.17. The summed E-state index contributed by atoms with van der Waals surface area (Å²) in [5.74, 6) is 0. The van der Waals surface area contributed by atoms with Gasteiger partial charge in [0.2, 0.25) is 0 Å². The zero-order valence-corrected chi connectivity index (χ0v) is 8.60. The Hall–Kier alpha value is -1.18. The van der Waals surface area contributed by atoms with Gasteiger partial charge in [0.1, 0.15) is 4.99 Å². The highest BCUT2D eigenvalue weighted by Gasteiger charge is 2.11. The number of hydrogen-bond acceptors (Lipinski definition) is 4. The van der Waals surface area contributed by atoms with Gasteiger partial charge in [0.05, 0.1) is 4.90 Å². The third-order valence-corrected chi connectivity index (χ3v) is 2.66. The Kier molecular flexibility index (Phi) is 2.74. The van der Waals surface area contributed by atoms with Crippen LogP contribution in [0.3, 0.4) is 0 Å². The van der Waals surface area contributed by atoms with Crippen LogP contribution in [0.15, 0.2) is 23.1 Å². The van der Waals surface area contributed by atoms with E-state index in [1.807, 2.05) is 0 Å². The molecule has 0 aliphatic rings. The molecular weight excluding hydrogens is 224 g/mol. The van der Waals surface area contributed by atoms with Crippen molar-refractivity contribution in [3.05, 3.63) is 23.8 Å². The van der Waals surface area contributed by atoms with Gasteiger partial charge in [-0.1, -0.05) is 12.2 Å². The Morgan fingerprint density at radius 1 is 1.43 bits per heavy atom. The van der Waals surface area contributed by atoms with Gasteiger partial charge in [0.15, 0.2) is 0 Å². The van der Waals surface area contributed by atoms with Gasteiger partial charge in [-0.25, -0.2) is 0 Å². The Balaban J connectivity index is 3.34. The van der Waals surface area contributed by atoms with Crippen LogP contribution < -0.4 is 11.5 Å². The molecule has 14 heavy (non-hydrogen) atoms. The summed E-state index contributed by atoms with van der Waals surface area (Å²) in [6.45, 7) is 0. The van der Waals surface area contributed by atoms with Crippen molar-refractivity contribution in [3.8, 4) is 0 Å². The first-order chi connectivity index (χ1) is 6.32. The van der Waals surface area contributed by atoms with Gasteiger partial charge in [0, 0.05) is 11.3 Å². The smallest absolute Gasteiger partial charge is 0.294 e. The van der Waals surface area contributed by atoms with Crippen molar-refractivity contribution in [2.75, 3.05) is 5.73 Å². The summed E-state index contributed by atoms with van der Waals surface area (Å²) >= 11 is 4.67. The molecule has 0 saturated heterocycles. The molecule has 0 saturated carbocycles. The number of hydrogen-bond donors (Lipinski definition) is 3. The van der Waals surface area contributed by atoms with Crippen molar-refractivity contribution < 1.29 is 13.0 Å². The number of anilines is 1. The average molecular weight is 232 g/mol. The molecule has 0 aliphatic heterocycles. The Bertz CT molecular complexity index is 482. The maximum absolute atomic E-state index is 10.7. The Morgan fingerprint density at radius 2 is 2.00 bits per heavy atom. The summed E-state index contributed by atoms with van der Waals surface area (Å²) in [4.78, 5) is -0.209. The highest BCUT2D eigenvalue weighted by molar-refractivity contribution is 7.85. The zero-order chi connectivity index (χ0) is 10.9. The van der Waals surface area contributed by atoms with Crippen LogP contribution in [0.2, 0.25) is 0 Å². The quantitative estimate of drug-likeness (QED) is 0.380. The first-order valence-corrected chi connectivity index (χ1v) is 5.34. The van der Waals surface area contributed by atoms with Crippen LogP contribution in [0.5, 0.6) is 0 Å². The van der Waals surface area contributed by atoms with Crippen LogP contribution in [0, 0.1) is 0 Å². The molecule has 0 unspecified atom stereocenters. The molecule has 0 heterocycles. The molecule has 7 heteroatoms. The Morgan fingerprint density at radius 3 is 2.36 bits per heavy atom. The van der Waals surface area contributed by atoms with Gasteiger partial charge < -0.3 is 11.5 Å². The lowest BCUT2D eigenvalue weighted by molar-refractivity contribution is 0.483. The van der Waals surface area contributed by atoms with Gasteiger partial charge >= 0.3 is 0 Å². The lowest BCUT2D eigenvalue weighted by Crippen LogP contribution is -2.12. The molecule has 76 valence electrons. The van der Waals surface area contributed by atoms with E-state index in [0.717, 1.165) is 6.07 Å². The molecule has 0 radical (unpaired) electrons. The zero-order valence-electron chi connectivity index (χ0n) is 6.97.